The van der Waals surface area contributed by atoms with E-state index in [4.69, 9.17) is 7.85 Å². The summed E-state index contributed by atoms with van der Waals surface area (Å²) < 4.78 is 0. The van der Waals surface area contributed by atoms with Crippen LogP contribution in [0.15, 0.2) is 0 Å². The molecular formula is C4H7B. The van der Waals surface area contributed by atoms with Crippen LogP contribution in [0.25, 0.3) is 0 Å². The summed E-state index contributed by atoms with van der Waals surface area (Å²) in [6.07, 6.45) is 1.25. The minimum Gasteiger partial charge on any atom is -0.0746 e. The van der Waals surface area contributed by atoms with Gasteiger partial charge < -0.3 is 0 Å². The highest BCUT2D eigenvalue weighted by atomic mass is 14.3. The first-order valence-corrected chi connectivity index (χ1v) is 2.06. The second kappa shape index (κ2) is 0.765. The molecule has 0 aromatic heterocycles. The Labute approximate surface area is 34.0 Å². The van der Waals surface area contributed by atoms with E-state index in [9.17, 15) is 0 Å². The first-order chi connectivity index (χ1) is 2.30. The lowest BCUT2D eigenvalue weighted by molar-refractivity contribution is 0.981. The summed E-state index contributed by atoms with van der Waals surface area (Å²) in [4.78, 5) is 0. The molecule has 0 N–H and O–H groups in total. The molecule has 0 aromatic rings. The van der Waals surface area contributed by atoms with Gasteiger partial charge in [0.15, 0.2) is 0 Å². The molecule has 1 saturated carbocycles. The Morgan fingerprint density at radius 2 is 2.00 bits per heavy atom. The van der Waals surface area contributed by atoms with Gasteiger partial charge in [-0.15, -0.1) is 0 Å². The van der Waals surface area contributed by atoms with Gasteiger partial charge in [0, 0.05) is 0 Å². The lowest BCUT2D eigenvalue weighted by atomic mass is 10.0. The third kappa shape index (κ3) is 0.471. The molecule has 0 nitrogen and oxygen atoms in total. The first kappa shape index (κ1) is 3.26. The fourth-order valence-electron chi connectivity index (χ4n) is 0.351. The van der Waals surface area contributed by atoms with Crippen molar-refractivity contribution in [3.05, 3.63) is 0 Å². The summed E-state index contributed by atoms with van der Waals surface area (Å²) in [5, 5.41) is 0. The third-order valence-electron chi connectivity index (χ3n) is 1.17. The van der Waals surface area contributed by atoms with Crippen LogP contribution in [0.4, 0.5) is 0 Å². The van der Waals surface area contributed by atoms with E-state index in [0.717, 1.165) is 5.92 Å². The third-order valence-corrected chi connectivity index (χ3v) is 1.17. The predicted octanol–water partition coefficient (Wildman–Crippen LogP) is 0.983. The van der Waals surface area contributed by atoms with Crippen LogP contribution >= 0.6 is 0 Å². The summed E-state index contributed by atoms with van der Waals surface area (Å²) in [6.45, 7) is 2.17. The van der Waals surface area contributed by atoms with E-state index in [0.29, 0.717) is 5.82 Å². The zero-order valence-corrected chi connectivity index (χ0v) is 3.44. The molecule has 2 radical (unpaired) electrons. The number of hydrogen-bond donors (Lipinski definition) is 0. The zero-order valence-electron chi connectivity index (χ0n) is 3.44. The maximum atomic E-state index is 5.37. The summed E-state index contributed by atoms with van der Waals surface area (Å²) >= 11 is 0. The van der Waals surface area contributed by atoms with Crippen LogP contribution in [0.3, 0.4) is 0 Å². The monoisotopic (exact) mass is 66.1 g/mol. The minimum absolute atomic E-state index is 0.551. The maximum absolute atomic E-state index is 5.37. The van der Waals surface area contributed by atoms with Gasteiger partial charge in [0.25, 0.3) is 0 Å². The Morgan fingerprint density at radius 3 is 2.00 bits per heavy atom. The van der Waals surface area contributed by atoms with Gasteiger partial charge in [-0.3, -0.25) is 0 Å². The van der Waals surface area contributed by atoms with E-state index in [1.165, 1.54) is 6.42 Å². The van der Waals surface area contributed by atoms with E-state index in [-0.39, 0.29) is 0 Å². The Balaban J connectivity index is 2.20. The summed E-state index contributed by atoms with van der Waals surface area (Å²) in [5.74, 6) is 1.38. The van der Waals surface area contributed by atoms with Crippen molar-refractivity contribution in [1.29, 1.82) is 0 Å². The molecule has 1 unspecified atom stereocenters. The average molecular weight is 65.9 g/mol. The smallest absolute Gasteiger partial charge is 0.0703 e. The van der Waals surface area contributed by atoms with Crippen LogP contribution in [0.2, 0.25) is 5.82 Å². The fraction of sp³-hybridized carbons (Fsp3) is 1.00. The van der Waals surface area contributed by atoms with Gasteiger partial charge in [0.1, 0.15) is 0 Å². The lowest BCUT2D eigenvalue weighted by Crippen LogP contribution is -1.59. The Bertz CT molecular complexity index is 36.9. The summed E-state index contributed by atoms with van der Waals surface area (Å²) in [7, 11) is 5.37. The predicted molar refractivity (Wildman–Crippen MR) is 23.3 cm³/mol. The highest BCUT2D eigenvalue weighted by molar-refractivity contribution is 6.13. The lowest BCUT2D eigenvalue weighted by Gasteiger charge is -1.66. The van der Waals surface area contributed by atoms with Crippen LogP contribution in [0.1, 0.15) is 13.3 Å². The molecule has 1 aliphatic carbocycles. The zero-order chi connectivity index (χ0) is 3.86. The number of rotatable bonds is 0. The molecule has 1 fully saturated rings. The van der Waals surface area contributed by atoms with Gasteiger partial charge in [-0.2, -0.15) is 0 Å². The molecule has 0 aromatic carbocycles. The van der Waals surface area contributed by atoms with Crippen LogP contribution in [0.5, 0.6) is 0 Å². The molecule has 1 heteroatoms. The van der Waals surface area contributed by atoms with Gasteiger partial charge in [0.2, 0.25) is 0 Å². The SMILES string of the molecule is [B][C@H]1CC1C. The van der Waals surface area contributed by atoms with Crippen molar-refractivity contribution in [3.8, 4) is 0 Å². The Hall–Kier alpha value is 0.0649. The van der Waals surface area contributed by atoms with Crippen LogP contribution in [0, 0.1) is 5.92 Å². The molecule has 0 saturated heterocycles. The number of hydrogen-bond acceptors (Lipinski definition) is 0. The first-order valence-electron chi connectivity index (χ1n) is 2.06. The van der Waals surface area contributed by atoms with Crippen molar-refractivity contribution >= 4 is 7.85 Å². The summed E-state index contributed by atoms with van der Waals surface area (Å²) in [5.41, 5.74) is 0. The van der Waals surface area contributed by atoms with E-state index in [1.54, 1.807) is 0 Å². The standard InChI is InChI=1S/C4H7B/c1-3-2-4(3)5/h3-4H,2H2,1H3/t3?,4-/m0/s1. The van der Waals surface area contributed by atoms with Crippen molar-refractivity contribution in [1.82, 2.24) is 0 Å². The van der Waals surface area contributed by atoms with E-state index in [1.807, 2.05) is 0 Å². The van der Waals surface area contributed by atoms with Crippen LogP contribution in [-0.2, 0) is 0 Å². The molecule has 5 heavy (non-hydrogen) atoms. The van der Waals surface area contributed by atoms with Crippen LogP contribution in [-0.4, -0.2) is 7.85 Å². The molecule has 26 valence electrons. The molecule has 0 spiro atoms. The molecule has 1 aliphatic rings. The Morgan fingerprint density at radius 1 is 1.80 bits per heavy atom. The second-order valence-corrected chi connectivity index (χ2v) is 1.88. The van der Waals surface area contributed by atoms with Crippen molar-refractivity contribution in [3.63, 3.8) is 0 Å². The van der Waals surface area contributed by atoms with E-state index < -0.39 is 0 Å². The molecule has 0 heterocycles. The van der Waals surface area contributed by atoms with Gasteiger partial charge in [-0.1, -0.05) is 19.2 Å². The van der Waals surface area contributed by atoms with Crippen molar-refractivity contribution in [2.45, 2.75) is 19.2 Å². The largest absolute Gasteiger partial charge is 0.0746 e. The molecule has 0 aliphatic heterocycles. The van der Waals surface area contributed by atoms with Crippen LogP contribution < -0.4 is 0 Å². The van der Waals surface area contributed by atoms with Crippen molar-refractivity contribution < 1.29 is 0 Å². The quantitative estimate of drug-likeness (QED) is 0.370. The average Bonchev–Trinajstić information content (AvgIpc) is 1.79. The topological polar surface area (TPSA) is 0 Å². The highest BCUT2D eigenvalue weighted by Crippen LogP contribution is 2.40. The van der Waals surface area contributed by atoms with Gasteiger partial charge in [-0.25, -0.2) is 0 Å². The molecule has 0 bridgehead atoms. The Kier molecular flexibility index (Phi) is 0.499. The molecule has 1 rings (SSSR count). The summed E-state index contributed by atoms with van der Waals surface area (Å²) in [6, 6.07) is 0. The highest BCUT2D eigenvalue weighted by Gasteiger charge is 2.25. The van der Waals surface area contributed by atoms with Gasteiger partial charge in [0.05, 0.1) is 7.85 Å². The molecular weight excluding hydrogens is 58.9 g/mol. The van der Waals surface area contributed by atoms with Crippen molar-refractivity contribution in [2.75, 3.05) is 0 Å². The maximum Gasteiger partial charge on any atom is 0.0703 e. The second-order valence-electron chi connectivity index (χ2n) is 1.88. The van der Waals surface area contributed by atoms with E-state index >= 15 is 0 Å². The fourth-order valence-corrected chi connectivity index (χ4v) is 0.351. The van der Waals surface area contributed by atoms with Gasteiger partial charge in [-0.05, 0) is 5.92 Å². The minimum atomic E-state index is 0.551. The molecule has 2 atom stereocenters. The molecule has 0 amide bonds. The van der Waals surface area contributed by atoms with Crippen molar-refractivity contribution in [2.24, 2.45) is 5.92 Å². The van der Waals surface area contributed by atoms with E-state index in [2.05, 4.69) is 6.92 Å². The van der Waals surface area contributed by atoms with Gasteiger partial charge >= 0.3 is 0 Å². The normalized spacial score (nSPS) is 49.0.